The topological polar surface area (TPSA) is 30.7 Å². The molecule has 0 fully saturated rings. The minimum absolute atomic E-state index is 0.0691. The van der Waals surface area contributed by atoms with Gasteiger partial charge in [-0.05, 0) is 52.6 Å². The molecule has 0 amide bonds. The van der Waals surface area contributed by atoms with Crippen LogP contribution in [0.25, 0.3) is 38.8 Å². The SMILES string of the molecule is CC1(C)c2ccccc2-c2ccc3c(c21)c1ncccc1n3-c1ccncc1. The number of pyridine rings is 2. The Morgan fingerprint density at radius 3 is 2.43 bits per heavy atom. The van der Waals surface area contributed by atoms with E-state index in [9.17, 15) is 0 Å². The van der Waals surface area contributed by atoms with Crippen molar-refractivity contribution in [1.82, 2.24) is 14.5 Å². The molecule has 0 saturated heterocycles. The Hall–Kier alpha value is -3.46. The van der Waals surface area contributed by atoms with E-state index in [0.717, 1.165) is 16.7 Å². The second kappa shape index (κ2) is 5.29. The number of hydrogen-bond acceptors (Lipinski definition) is 2. The van der Waals surface area contributed by atoms with Crippen LogP contribution in [0.3, 0.4) is 0 Å². The summed E-state index contributed by atoms with van der Waals surface area (Å²) < 4.78 is 2.30. The molecule has 5 aromatic rings. The molecule has 1 aliphatic carbocycles. The van der Waals surface area contributed by atoms with Gasteiger partial charge in [0.1, 0.15) is 0 Å². The maximum absolute atomic E-state index is 4.82. The average Bonchev–Trinajstić information content (AvgIpc) is 3.19. The van der Waals surface area contributed by atoms with Crippen LogP contribution in [-0.2, 0) is 5.41 Å². The van der Waals surface area contributed by atoms with Gasteiger partial charge in [0.15, 0.2) is 0 Å². The van der Waals surface area contributed by atoms with Gasteiger partial charge >= 0.3 is 0 Å². The highest BCUT2D eigenvalue weighted by Gasteiger charge is 2.38. The summed E-state index contributed by atoms with van der Waals surface area (Å²) in [6, 6.07) is 21.6. The van der Waals surface area contributed by atoms with Gasteiger partial charge in [0, 0.05) is 35.1 Å². The number of nitrogens with zero attached hydrogens (tertiary/aromatic N) is 3. The van der Waals surface area contributed by atoms with E-state index in [-0.39, 0.29) is 5.41 Å². The summed E-state index contributed by atoms with van der Waals surface area (Å²) in [4.78, 5) is 9.02. The first kappa shape index (κ1) is 15.6. The molecule has 0 unspecified atom stereocenters. The fourth-order valence-corrected chi connectivity index (χ4v) is 4.96. The van der Waals surface area contributed by atoms with Crippen LogP contribution < -0.4 is 0 Å². The van der Waals surface area contributed by atoms with Crippen molar-refractivity contribution in [3.05, 3.63) is 90.4 Å². The second-order valence-electron chi connectivity index (χ2n) is 7.96. The lowest BCUT2D eigenvalue weighted by atomic mass is 9.81. The van der Waals surface area contributed by atoms with E-state index in [4.69, 9.17) is 4.98 Å². The molecule has 1 aliphatic rings. The number of fused-ring (bicyclic) bond motifs is 7. The van der Waals surface area contributed by atoms with E-state index >= 15 is 0 Å². The summed E-state index contributed by atoms with van der Waals surface area (Å²) >= 11 is 0. The Balaban J connectivity index is 1.83. The van der Waals surface area contributed by atoms with E-state index in [2.05, 4.69) is 78.0 Å². The zero-order valence-corrected chi connectivity index (χ0v) is 15.8. The summed E-state index contributed by atoms with van der Waals surface area (Å²) in [5.74, 6) is 0. The second-order valence-corrected chi connectivity index (χ2v) is 7.96. The summed E-state index contributed by atoms with van der Waals surface area (Å²) in [6.07, 6.45) is 5.58. The van der Waals surface area contributed by atoms with E-state index in [0.29, 0.717) is 0 Å². The van der Waals surface area contributed by atoms with Crippen LogP contribution in [0.2, 0.25) is 0 Å². The summed E-state index contributed by atoms with van der Waals surface area (Å²) in [5, 5.41) is 1.26. The Bertz CT molecular complexity index is 1380. The molecule has 3 nitrogen and oxygen atoms in total. The molecular weight excluding hydrogens is 342 g/mol. The van der Waals surface area contributed by atoms with Gasteiger partial charge in [-0.3, -0.25) is 9.97 Å². The molecule has 0 saturated carbocycles. The van der Waals surface area contributed by atoms with Crippen molar-refractivity contribution >= 4 is 21.9 Å². The van der Waals surface area contributed by atoms with Crippen LogP contribution in [0.1, 0.15) is 25.0 Å². The lowest BCUT2D eigenvalue weighted by molar-refractivity contribution is 0.666. The standard InChI is InChI=1S/C25H19N3/c1-25(2)19-7-4-3-6-17(19)18-9-10-20-22(23(18)25)24-21(8-5-13-27-24)28(20)16-11-14-26-15-12-16/h3-15H,1-2H3. The van der Waals surface area contributed by atoms with Crippen molar-refractivity contribution in [2.45, 2.75) is 19.3 Å². The number of hydrogen-bond donors (Lipinski definition) is 0. The molecule has 134 valence electrons. The maximum atomic E-state index is 4.82. The van der Waals surface area contributed by atoms with Crippen LogP contribution in [0.5, 0.6) is 0 Å². The van der Waals surface area contributed by atoms with Crippen molar-refractivity contribution in [1.29, 1.82) is 0 Å². The molecule has 2 aromatic carbocycles. The van der Waals surface area contributed by atoms with E-state index in [1.54, 1.807) is 0 Å². The lowest BCUT2D eigenvalue weighted by Gasteiger charge is -2.22. The highest BCUT2D eigenvalue weighted by Crippen LogP contribution is 2.52. The van der Waals surface area contributed by atoms with Gasteiger partial charge in [-0.2, -0.15) is 0 Å². The third kappa shape index (κ3) is 1.83. The average molecular weight is 361 g/mol. The minimum atomic E-state index is -0.0691. The molecule has 3 aromatic heterocycles. The Kier molecular flexibility index (Phi) is 2.95. The fourth-order valence-electron chi connectivity index (χ4n) is 4.96. The zero-order chi connectivity index (χ0) is 18.9. The Morgan fingerprint density at radius 2 is 1.57 bits per heavy atom. The van der Waals surface area contributed by atoms with Gasteiger partial charge in [0.05, 0.1) is 16.6 Å². The number of aromatic nitrogens is 3. The van der Waals surface area contributed by atoms with E-state index in [1.165, 1.54) is 33.2 Å². The molecular formula is C25H19N3. The molecule has 3 heteroatoms. The summed E-state index contributed by atoms with van der Waals surface area (Å²) in [7, 11) is 0. The third-order valence-corrected chi connectivity index (χ3v) is 6.12. The molecule has 6 rings (SSSR count). The normalized spacial score (nSPS) is 14.4. The smallest absolute Gasteiger partial charge is 0.0966 e. The quantitative estimate of drug-likeness (QED) is 0.373. The Morgan fingerprint density at radius 1 is 0.750 bits per heavy atom. The predicted molar refractivity (Wildman–Crippen MR) is 114 cm³/mol. The van der Waals surface area contributed by atoms with Crippen molar-refractivity contribution in [3.8, 4) is 16.8 Å². The largest absolute Gasteiger partial charge is 0.307 e. The van der Waals surface area contributed by atoms with Gasteiger partial charge < -0.3 is 4.57 Å². The van der Waals surface area contributed by atoms with Crippen LogP contribution in [0.4, 0.5) is 0 Å². The number of rotatable bonds is 1. The predicted octanol–water partition coefficient (Wildman–Crippen LogP) is 5.88. The third-order valence-electron chi connectivity index (χ3n) is 6.12. The first-order valence-electron chi connectivity index (χ1n) is 9.61. The van der Waals surface area contributed by atoms with Crippen molar-refractivity contribution in [2.24, 2.45) is 0 Å². The van der Waals surface area contributed by atoms with Crippen LogP contribution in [-0.4, -0.2) is 14.5 Å². The molecule has 0 spiro atoms. The first-order valence-corrected chi connectivity index (χ1v) is 9.61. The molecule has 0 aliphatic heterocycles. The van der Waals surface area contributed by atoms with Crippen LogP contribution in [0, 0.1) is 0 Å². The van der Waals surface area contributed by atoms with Gasteiger partial charge in [0.2, 0.25) is 0 Å². The number of benzene rings is 2. The minimum Gasteiger partial charge on any atom is -0.307 e. The monoisotopic (exact) mass is 361 g/mol. The molecule has 0 radical (unpaired) electrons. The first-order chi connectivity index (χ1) is 13.7. The highest BCUT2D eigenvalue weighted by atomic mass is 15.0. The highest BCUT2D eigenvalue weighted by molar-refractivity contribution is 6.12. The molecule has 0 bridgehead atoms. The molecule has 3 heterocycles. The van der Waals surface area contributed by atoms with Crippen molar-refractivity contribution in [3.63, 3.8) is 0 Å². The fraction of sp³-hybridized carbons (Fsp3) is 0.120. The molecule has 0 N–H and O–H groups in total. The zero-order valence-electron chi connectivity index (χ0n) is 15.8. The van der Waals surface area contributed by atoms with Gasteiger partial charge in [-0.15, -0.1) is 0 Å². The van der Waals surface area contributed by atoms with Gasteiger partial charge in [-0.25, -0.2) is 0 Å². The van der Waals surface area contributed by atoms with E-state index in [1.807, 2.05) is 24.7 Å². The van der Waals surface area contributed by atoms with Crippen LogP contribution >= 0.6 is 0 Å². The lowest BCUT2D eigenvalue weighted by Crippen LogP contribution is -2.15. The summed E-state index contributed by atoms with van der Waals surface area (Å²) in [6.45, 7) is 4.66. The van der Waals surface area contributed by atoms with Crippen LogP contribution in [0.15, 0.2) is 79.3 Å². The Labute approximate surface area is 163 Å². The molecule has 0 atom stereocenters. The molecule has 28 heavy (non-hydrogen) atoms. The summed E-state index contributed by atoms with van der Waals surface area (Å²) in [5.41, 5.74) is 9.85. The van der Waals surface area contributed by atoms with Gasteiger partial charge in [-0.1, -0.05) is 44.2 Å². The van der Waals surface area contributed by atoms with Gasteiger partial charge in [0.25, 0.3) is 0 Å². The van der Waals surface area contributed by atoms with Crippen molar-refractivity contribution in [2.75, 3.05) is 0 Å². The van der Waals surface area contributed by atoms with Crippen molar-refractivity contribution < 1.29 is 0 Å². The van der Waals surface area contributed by atoms with E-state index < -0.39 is 0 Å². The maximum Gasteiger partial charge on any atom is 0.0966 e.